The highest BCUT2D eigenvalue weighted by Gasteiger charge is 2.22. The van der Waals surface area contributed by atoms with Crippen LogP contribution in [0.4, 0.5) is 4.79 Å². The third-order valence-corrected chi connectivity index (χ3v) is 4.38. The van der Waals surface area contributed by atoms with E-state index < -0.39 is 30.4 Å². The number of hydrogen-bond donors (Lipinski definition) is 3. The van der Waals surface area contributed by atoms with Gasteiger partial charge in [-0.05, 0) is 36.8 Å². The van der Waals surface area contributed by atoms with E-state index in [4.69, 9.17) is 14.9 Å². The summed E-state index contributed by atoms with van der Waals surface area (Å²) in [5.41, 5.74) is 1.85. The lowest BCUT2D eigenvalue weighted by atomic mass is 9.90. The Morgan fingerprint density at radius 3 is 2.56 bits per heavy atom. The Labute approximate surface area is 146 Å². The number of cyclic esters (lactones) is 1. The molecule has 0 aliphatic carbocycles. The first-order valence-electron chi connectivity index (χ1n) is 8.39. The van der Waals surface area contributed by atoms with Gasteiger partial charge in [0.1, 0.15) is 0 Å². The SMILES string of the molecule is O=C(O)CC(Cc1ccc([C@@H]2CCCCOC(=O)NC2)cc1)C(=O)O. The molecule has 1 aromatic carbocycles. The molecule has 1 heterocycles. The number of hydrogen-bond acceptors (Lipinski definition) is 4. The number of carbonyl (C=O) groups is 3. The highest BCUT2D eigenvalue weighted by atomic mass is 16.5. The Bertz CT molecular complexity index is 612. The number of carboxylic acid groups (broad SMARTS) is 2. The number of benzene rings is 1. The number of nitrogens with one attached hydrogen (secondary N) is 1. The molecule has 1 aliphatic rings. The second kappa shape index (κ2) is 9.05. The van der Waals surface area contributed by atoms with Crippen LogP contribution in [0, 0.1) is 5.92 Å². The lowest BCUT2D eigenvalue weighted by Gasteiger charge is -2.17. The highest BCUT2D eigenvalue weighted by molar-refractivity contribution is 5.78. The van der Waals surface area contributed by atoms with Crippen molar-refractivity contribution in [2.45, 2.75) is 38.0 Å². The maximum absolute atomic E-state index is 11.5. The summed E-state index contributed by atoms with van der Waals surface area (Å²) < 4.78 is 5.01. The quantitative estimate of drug-likeness (QED) is 0.727. The van der Waals surface area contributed by atoms with Crippen molar-refractivity contribution in [3.8, 4) is 0 Å². The van der Waals surface area contributed by atoms with Gasteiger partial charge in [0.15, 0.2) is 0 Å². The number of ether oxygens (including phenoxy) is 1. The molecule has 2 atom stereocenters. The third-order valence-electron chi connectivity index (χ3n) is 4.38. The van der Waals surface area contributed by atoms with Gasteiger partial charge >= 0.3 is 18.0 Å². The number of carbonyl (C=O) groups excluding carboxylic acids is 1. The fourth-order valence-electron chi connectivity index (χ4n) is 2.97. The summed E-state index contributed by atoms with van der Waals surface area (Å²) in [5, 5.41) is 20.7. The molecule has 0 aromatic heterocycles. The van der Waals surface area contributed by atoms with Crippen molar-refractivity contribution in [3.05, 3.63) is 35.4 Å². The average Bonchev–Trinajstić information content (AvgIpc) is 2.67. The Kier molecular flexibility index (Phi) is 6.80. The minimum Gasteiger partial charge on any atom is -0.481 e. The van der Waals surface area contributed by atoms with Gasteiger partial charge in [-0.25, -0.2) is 4.79 Å². The predicted octanol–water partition coefficient (Wildman–Crippen LogP) is 2.40. The normalized spacial score (nSPS) is 19.5. The summed E-state index contributed by atoms with van der Waals surface area (Å²) in [5.74, 6) is -2.99. The van der Waals surface area contributed by atoms with E-state index in [1.54, 1.807) is 0 Å². The van der Waals surface area contributed by atoms with Gasteiger partial charge in [-0.3, -0.25) is 9.59 Å². The van der Waals surface area contributed by atoms with E-state index in [-0.39, 0.29) is 12.3 Å². The molecule has 1 amide bonds. The van der Waals surface area contributed by atoms with Crippen molar-refractivity contribution in [3.63, 3.8) is 0 Å². The second-order valence-corrected chi connectivity index (χ2v) is 6.29. The van der Waals surface area contributed by atoms with E-state index in [0.29, 0.717) is 13.2 Å². The lowest BCUT2D eigenvalue weighted by molar-refractivity contribution is -0.148. The Hall–Kier alpha value is -2.57. The van der Waals surface area contributed by atoms with Gasteiger partial charge in [-0.1, -0.05) is 24.3 Å². The molecule has 1 fully saturated rings. The summed E-state index contributed by atoms with van der Waals surface area (Å²) in [7, 11) is 0. The van der Waals surface area contributed by atoms with Gasteiger partial charge in [-0.2, -0.15) is 0 Å². The van der Waals surface area contributed by atoms with Crippen LogP contribution >= 0.6 is 0 Å². The van der Waals surface area contributed by atoms with Crippen LogP contribution in [0.25, 0.3) is 0 Å². The molecule has 2 rings (SSSR count). The van der Waals surface area contributed by atoms with E-state index in [2.05, 4.69) is 5.32 Å². The van der Waals surface area contributed by atoms with Crippen LogP contribution in [0.1, 0.15) is 42.7 Å². The largest absolute Gasteiger partial charge is 0.481 e. The average molecular weight is 349 g/mol. The summed E-state index contributed by atoms with van der Waals surface area (Å²) >= 11 is 0. The van der Waals surface area contributed by atoms with Crippen molar-refractivity contribution in [1.82, 2.24) is 5.32 Å². The van der Waals surface area contributed by atoms with Gasteiger partial charge in [0.05, 0.1) is 18.9 Å². The van der Waals surface area contributed by atoms with E-state index in [1.807, 2.05) is 24.3 Å². The zero-order valence-electron chi connectivity index (χ0n) is 13.9. The molecule has 1 unspecified atom stereocenters. The maximum atomic E-state index is 11.5. The van der Waals surface area contributed by atoms with Crippen molar-refractivity contribution < 1.29 is 29.3 Å². The van der Waals surface area contributed by atoms with E-state index >= 15 is 0 Å². The topological polar surface area (TPSA) is 113 Å². The zero-order valence-corrected chi connectivity index (χ0v) is 13.9. The number of aliphatic carboxylic acids is 2. The molecule has 3 N–H and O–H groups in total. The molecule has 136 valence electrons. The van der Waals surface area contributed by atoms with Gasteiger partial charge in [0.2, 0.25) is 0 Å². The fourth-order valence-corrected chi connectivity index (χ4v) is 2.97. The molecule has 7 heteroatoms. The van der Waals surface area contributed by atoms with Crippen LogP contribution in [0.2, 0.25) is 0 Å². The minimum atomic E-state index is -1.12. The number of alkyl carbamates (subject to hydrolysis) is 1. The monoisotopic (exact) mass is 349 g/mol. The first kappa shape index (κ1) is 18.8. The van der Waals surface area contributed by atoms with Crippen molar-refractivity contribution in [1.29, 1.82) is 0 Å². The number of carboxylic acids is 2. The molecular weight excluding hydrogens is 326 g/mol. The number of amides is 1. The summed E-state index contributed by atoms with van der Waals surface area (Å²) in [6, 6.07) is 7.51. The molecular formula is C18H23NO6. The molecule has 1 saturated heterocycles. The van der Waals surface area contributed by atoms with Crippen molar-refractivity contribution in [2.24, 2.45) is 5.92 Å². The van der Waals surface area contributed by atoms with Crippen LogP contribution in [0.15, 0.2) is 24.3 Å². The van der Waals surface area contributed by atoms with E-state index in [1.165, 1.54) is 0 Å². The molecule has 0 bridgehead atoms. The Balaban J connectivity index is 2.03. The van der Waals surface area contributed by atoms with E-state index in [0.717, 1.165) is 30.4 Å². The zero-order chi connectivity index (χ0) is 18.2. The highest BCUT2D eigenvalue weighted by Crippen LogP contribution is 2.24. The van der Waals surface area contributed by atoms with Crippen LogP contribution in [-0.4, -0.2) is 41.4 Å². The first-order chi connectivity index (χ1) is 12.0. The van der Waals surface area contributed by atoms with E-state index in [9.17, 15) is 14.4 Å². The Morgan fingerprint density at radius 1 is 1.20 bits per heavy atom. The van der Waals surface area contributed by atoms with Crippen LogP contribution in [0.3, 0.4) is 0 Å². The molecule has 0 radical (unpaired) electrons. The predicted molar refractivity (Wildman–Crippen MR) is 89.5 cm³/mol. The van der Waals surface area contributed by atoms with Crippen molar-refractivity contribution in [2.75, 3.05) is 13.2 Å². The second-order valence-electron chi connectivity index (χ2n) is 6.29. The van der Waals surface area contributed by atoms with Crippen LogP contribution in [0.5, 0.6) is 0 Å². The Morgan fingerprint density at radius 2 is 1.92 bits per heavy atom. The summed E-state index contributed by atoms with van der Waals surface area (Å²) in [6.45, 7) is 0.923. The molecule has 0 saturated carbocycles. The third kappa shape index (κ3) is 6.10. The van der Waals surface area contributed by atoms with Gasteiger partial charge in [0, 0.05) is 12.5 Å². The number of rotatable bonds is 6. The molecule has 1 aromatic rings. The van der Waals surface area contributed by atoms with Gasteiger partial charge in [-0.15, -0.1) is 0 Å². The molecule has 7 nitrogen and oxygen atoms in total. The van der Waals surface area contributed by atoms with Crippen molar-refractivity contribution >= 4 is 18.0 Å². The standard InChI is InChI=1S/C18H23NO6/c20-16(21)10-15(17(22)23)9-12-4-6-13(7-5-12)14-3-1-2-8-25-18(24)19-11-14/h4-7,14-15H,1-3,8-11H2,(H,19,24)(H,20,21)(H,22,23)/t14-,15?/m1/s1. The summed E-state index contributed by atoms with van der Waals surface area (Å²) in [6.07, 6.45) is 2.10. The molecule has 0 spiro atoms. The molecule has 25 heavy (non-hydrogen) atoms. The smallest absolute Gasteiger partial charge is 0.407 e. The minimum absolute atomic E-state index is 0.175. The van der Waals surface area contributed by atoms with Gasteiger partial charge < -0.3 is 20.3 Å². The van der Waals surface area contributed by atoms with Crippen LogP contribution in [-0.2, 0) is 20.7 Å². The van der Waals surface area contributed by atoms with Gasteiger partial charge in [0.25, 0.3) is 0 Å². The lowest BCUT2D eigenvalue weighted by Crippen LogP contribution is -2.28. The maximum Gasteiger partial charge on any atom is 0.407 e. The van der Waals surface area contributed by atoms with Crippen LogP contribution < -0.4 is 5.32 Å². The molecule has 1 aliphatic heterocycles. The fraction of sp³-hybridized carbons (Fsp3) is 0.500. The first-order valence-corrected chi connectivity index (χ1v) is 8.39. The summed E-state index contributed by atoms with van der Waals surface area (Å²) in [4.78, 5) is 33.4.